The van der Waals surface area contributed by atoms with Gasteiger partial charge in [0.25, 0.3) is 5.91 Å². The molecule has 0 spiro atoms. The van der Waals surface area contributed by atoms with Crippen LogP contribution in [0.5, 0.6) is 5.75 Å². The minimum absolute atomic E-state index is 0.0369. The van der Waals surface area contributed by atoms with Gasteiger partial charge in [-0.1, -0.05) is 25.3 Å². The number of carboxylic acid groups (broad SMARTS) is 1. The molecule has 2 atom stereocenters. The van der Waals surface area contributed by atoms with Crippen molar-refractivity contribution in [3.63, 3.8) is 0 Å². The maximum Gasteiger partial charge on any atom is 0.327 e. The number of methoxy groups -OCH3 is 1. The Morgan fingerprint density at radius 2 is 2.00 bits per heavy atom. The first kappa shape index (κ1) is 17.1. The van der Waals surface area contributed by atoms with Gasteiger partial charge in [-0.3, -0.25) is 4.79 Å². The van der Waals surface area contributed by atoms with Crippen LogP contribution >= 0.6 is 11.8 Å². The number of carboxylic acids is 1. The monoisotopic (exact) mass is 349 g/mol. The summed E-state index contributed by atoms with van der Waals surface area (Å²) >= 11 is 1.62. The fourth-order valence-electron chi connectivity index (χ4n) is 3.66. The highest BCUT2D eigenvalue weighted by Gasteiger charge is 2.45. The second-order valence-electron chi connectivity index (χ2n) is 6.42. The van der Waals surface area contributed by atoms with E-state index >= 15 is 0 Å². The van der Waals surface area contributed by atoms with E-state index in [2.05, 4.69) is 0 Å². The largest absolute Gasteiger partial charge is 0.497 e. The fourth-order valence-corrected chi connectivity index (χ4v) is 5.29. The topological polar surface area (TPSA) is 66.8 Å². The normalized spacial score (nSPS) is 24.8. The van der Waals surface area contributed by atoms with E-state index in [0.29, 0.717) is 23.0 Å². The lowest BCUT2D eigenvalue weighted by Gasteiger charge is -2.34. The average molecular weight is 349 g/mol. The summed E-state index contributed by atoms with van der Waals surface area (Å²) in [5, 5.41) is 9.53. The third kappa shape index (κ3) is 3.38. The van der Waals surface area contributed by atoms with E-state index in [0.717, 1.165) is 12.8 Å². The zero-order valence-electron chi connectivity index (χ0n) is 13.8. The molecule has 1 saturated carbocycles. The number of aliphatic carboxylic acids is 1. The standard InChI is InChI=1S/C18H23NO4S/c1-23-14-9-5-8-13(10-14)16(20)19-15(18(21)22)11-24-17(19)12-6-3-2-4-7-12/h5,8-10,12,15,17H,2-4,6-7,11H2,1H3,(H,21,22)/t15-,17-/m0/s1. The van der Waals surface area contributed by atoms with Crippen molar-refractivity contribution in [3.05, 3.63) is 29.8 Å². The predicted octanol–water partition coefficient (Wildman–Crippen LogP) is 3.24. The molecule has 2 aliphatic rings. The predicted molar refractivity (Wildman–Crippen MR) is 93.4 cm³/mol. The van der Waals surface area contributed by atoms with Crippen molar-refractivity contribution in [3.8, 4) is 5.75 Å². The van der Waals surface area contributed by atoms with Crippen LogP contribution < -0.4 is 4.74 Å². The number of ether oxygens (including phenoxy) is 1. The minimum atomic E-state index is -0.919. The third-order valence-corrected chi connectivity index (χ3v) is 6.39. The summed E-state index contributed by atoms with van der Waals surface area (Å²) in [7, 11) is 1.56. The summed E-state index contributed by atoms with van der Waals surface area (Å²) in [6, 6.07) is 6.21. The first-order valence-corrected chi connectivity index (χ1v) is 9.48. The van der Waals surface area contributed by atoms with Crippen molar-refractivity contribution in [2.45, 2.75) is 43.5 Å². The quantitative estimate of drug-likeness (QED) is 0.904. The van der Waals surface area contributed by atoms with Crippen LogP contribution in [0.2, 0.25) is 0 Å². The van der Waals surface area contributed by atoms with Crippen LogP contribution in [-0.2, 0) is 4.79 Å². The summed E-state index contributed by atoms with van der Waals surface area (Å²) < 4.78 is 5.19. The molecule has 0 unspecified atom stereocenters. The minimum Gasteiger partial charge on any atom is -0.497 e. The van der Waals surface area contributed by atoms with Gasteiger partial charge in [0, 0.05) is 11.3 Å². The molecule has 1 heterocycles. The molecule has 1 saturated heterocycles. The SMILES string of the molecule is COc1cccc(C(=O)N2[C@H](C(=O)O)CS[C@H]2C2CCCCC2)c1. The highest BCUT2D eigenvalue weighted by Crippen LogP contribution is 2.41. The van der Waals surface area contributed by atoms with E-state index in [4.69, 9.17) is 4.74 Å². The molecule has 24 heavy (non-hydrogen) atoms. The molecule has 0 radical (unpaired) electrons. The molecular formula is C18H23NO4S. The summed E-state index contributed by atoms with van der Waals surface area (Å²) in [6.45, 7) is 0. The first-order chi connectivity index (χ1) is 11.6. The van der Waals surface area contributed by atoms with E-state index in [9.17, 15) is 14.7 Å². The highest BCUT2D eigenvalue weighted by atomic mass is 32.2. The van der Waals surface area contributed by atoms with E-state index < -0.39 is 12.0 Å². The molecule has 2 fully saturated rings. The molecule has 6 heteroatoms. The second-order valence-corrected chi connectivity index (χ2v) is 7.57. The number of hydrogen-bond acceptors (Lipinski definition) is 4. The van der Waals surface area contributed by atoms with Crippen molar-refractivity contribution in [2.24, 2.45) is 5.92 Å². The van der Waals surface area contributed by atoms with Gasteiger partial charge < -0.3 is 14.7 Å². The molecule has 0 bridgehead atoms. The van der Waals surface area contributed by atoms with Gasteiger partial charge in [0.15, 0.2) is 0 Å². The third-order valence-electron chi connectivity index (χ3n) is 4.92. The van der Waals surface area contributed by atoms with Crippen molar-refractivity contribution >= 4 is 23.6 Å². The van der Waals surface area contributed by atoms with Gasteiger partial charge in [-0.25, -0.2) is 4.79 Å². The van der Waals surface area contributed by atoms with Crippen LogP contribution in [0.1, 0.15) is 42.5 Å². The van der Waals surface area contributed by atoms with Crippen molar-refractivity contribution in [2.75, 3.05) is 12.9 Å². The lowest BCUT2D eigenvalue weighted by molar-refractivity contribution is -0.141. The molecule has 1 aliphatic heterocycles. The molecular weight excluding hydrogens is 326 g/mol. The highest BCUT2D eigenvalue weighted by molar-refractivity contribution is 8.00. The molecule has 1 N–H and O–H groups in total. The Bertz CT molecular complexity index is 615. The molecule has 1 amide bonds. The van der Waals surface area contributed by atoms with Gasteiger partial charge in [0.05, 0.1) is 12.5 Å². The first-order valence-electron chi connectivity index (χ1n) is 8.43. The second kappa shape index (κ2) is 7.47. The number of rotatable bonds is 4. The van der Waals surface area contributed by atoms with Crippen LogP contribution in [0.25, 0.3) is 0 Å². The molecule has 0 aromatic heterocycles. The van der Waals surface area contributed by atoms with Gasteiger partial charge in [0.2, 0.25) is 0 Å². The van der Waals surface area contributed by atoms with Crippen molar-refractivity contribution < 1.29 is 19.4 Å². The molecule has 3 rings (SSSR count). The van der Waals surface area contributed by atoms with Gasteiger partial charge in [-0.05, 0) is 37.0 Å². The van der Waals surface area contributed by atoms with E-state index in [-0.39, 0.29) is 11.3 Å². The lowest BCUT2D eigenvalue weighted by Crippen LogP contribution is -2.48. The zero-order chi connectivity index (χ0) is 17.1. The fraction of sp³-hybridized carbons (Fsp3) is 0.556. The number of amides is 1. The van der Waals surface area contributed by atoms with Crippen LogP contribution in [0.3, 0.4) is 0 Å². The summed E-state index contributed by atoms with van der Waals surface area (Å²) in [4.78, 5) is 26.4. The van der Waals surface area contributed by atoms with Gasteiger partial charge >= 0.3 is 5.97 Å². The molecule has 130 valence electrons. The number of nitrogens with zero attached hydrogens (tertiary/aromatic N) is 1. The zero-order valence-corrected chi connectivity index (χ0v) is 14.6. The Kier molecular flexibility index (Phi) is 5.33. The molecule has 1 aromatic rings. The van der Waals surface area contributed by atoms with Crippen LogP contribution in [0, 0.1) is 5.92 Å². The van der Waals surface area contributed by atoms with Crippen LogP contribution in [0.15, 0.2) is 24.3 Å². The maximum atomic E-state index is 13.1. The summed E-state index contributed by atoms with van der Waals surface area (Å²) in [5.41, 5.74) is 0.490. The number of thioether (sulfide) groups is 1. The number of carbonyl (C=O) groups excluding carboxylic acids is 1. The van der Waals surface area contributed by atoms with Crippen molar-refractivity contribution in [1.29, 1.82) is 0 Å². The van der Waals surface area contributed by atoms with Gasteiger partial charge in [-0.2, -0.15) is 0 Å². The molecule has 5 nitrogen and oxygen atoms in total. The van der Waals surface area contributed by atoms with E-state index in [1.54, 1.807) is 48.0 Å². The van der Waals surface area contributed by atoms with Crippen LogP contribution in [0.4, 0.5) is 0 Å². The average Bonchev–Trinajstić information content (AvgIpc) is 3.07. The molecule has 1 aromatic carbocycles. The molecule has 1 aliphatic carbocycles. The number of carbonyl (C=O) groups is 2. The number of hydrogen-bond donors (Lipinski definition) is 1. The van der Waals surface area contributed by atoms with Gasteiger partial charge in [0.1, 0.15) is 11.8 Å². The Hall–Kier alpha value is -1.69. The number of benzene rings is 1. The Balaban J connectivity index is 1.88. The summed E-state index contributed by atoms with van der Waals surface area (Å²) in [6.07, 6.45) is 5.72. The Morgan fingerprint density at radius 1 is 1.25 bits per heavy atom. The van der Waals surface area contributed by atoms with Crippen LogP contribution in [-0.4, -0.2) is 46.2 Å². The van der Waals surface area contributed by atoms with E-state index in [1.807, 2.05) is 0 Å². The smallest absolute Gasteiger partial charge is 0.327 e. The Morgan fingerprint density at radius 3 is 2.67 bits per heavy atom. The van der Waals surface area contributed by atoms with Gasteiger partial charge in [-0.15, -0.1) is 11.8 Å². The van der Waals surface area contributed by atoms with Crippen molar-refractivity contribution in [1.82, 2.24) is 4.90 Å². The summed E-state index contributed by atoms with van der Waals surface area (Å²) in [5.74, 6) is 0.335. The maximum absolute atomic E-state index is 13.1. The Labute approximate surface area is 146 Å². The lowest BCUT2D eigenvalue weighted by atomic mass is 9.88. The van der Waals surface area contributed by atoms with E-state index in [1.165, 1.54) is 19.3 Å².